The number of para-hydroxylation sites is 1. The van der Waals surface area contributed by atoms with Gasteiger partial charge in [-0.2, -0.15) is 0 Å². The van der Waals surface area contributed by atoms with Gasteiger partial charge in [0.2, 0.25) is 11.8 Å². The van der Waals surface area contributed by atoms with E-state index in [0.717, 1.165) is 71.7 Å². The third-order valence-electron chi connectivity index (χ3n) is 6.99. The molecule has 3 aromatic rings. The second kappa shape index (κ2) is 8.84. The van der Waals surface area contributed by atoms with Crippen LogP contribution in [0.4, 0.5) is 5.82 Å². The first-order valence-electron chi connectivity index (χ1n) is 11.7. The van der Waals surface area contributed by atoms with Gasteiger partial charge in [-0.1, -0.05) is 18.2 Å². The van der Waals surface area contributed by atoms with Crippen LogP contribution in [0, 0.1) is 0 Å². The molecule has 0 aliphatic carbocycles. The van der Waals surface area contributed by atoms with E-state index in [1.54, 1.807) is 6.92 Å². The first-order chi connectivity index (χ1) is 16.0. The van der Waals surface area contributed by atoms with Crippen molar-refractivity contribution in [3.63, 3.8) is 0 Å². The van der Waals surface area contributed by atoms with Crippen molar-refractivity contribution in [3.8, 4) is 0 Å². The molecule has 0 atom stereocenters. The highest BCUT2D eigenvalue weighted by Gasteiger charge is 2.29. The summed E-state index contributed by atoms with van der Waals surface area (Å²) < 4.78 is 0. The number of anilines is 1. The minimum absolute atomic E-state index is 0.119. The van der Waals surface area contributed by atoms with Crippen molar-refractivity contribution in [2.45, 2.75) is 45.1 Å². The highest BCUT2D eigenvalue weighted by molar-refractivity contribution is 5.89. The van der Waals surface area contributed by atoms with Crippen LogP contribution in [0.15, 0.2) is 30.5 Å². The van der Waals surface area contributed by atoms with Gasteiger partial charge in [-0.3, -0.25) is 9.59 Å². The number of benzene rings is 1. The summed E-state index contributed by atoms with van der Waals surface area (Å²) >= 11 is 0. The molecule has 1 saturated heterocycles. The van der Waals surface area contributed by atoms with Crippen molar-refractivity contribution in [1.29, 1.82) is 0 Å². The molecule has 4 heterocycles. The Morgan fingerprint density at radius 2 is 1.91 bits per heavy atom. The molecule has 0 unspecified atom stereocenters. The average molecular weight is 447 g/mol. The van der Waals surface area contributed by atoms with Crippen LogP contribution >= 0.6 is 0 Å². The van der Waals surface area contributed by atoms with E-state index in [1.807, 2.05) is 41.2 Å². The summed E-state index contributed by atoms with van der Waals surface area (Å²) in [5.41, 5.74) is 4.13. The molecule has 2 aliphatic heterocycles. The molecule has 0 saturated carbocycles. The van der Waals surface area contributed by atoms with Crippen LogP contribution in [0.5, 0.6) is 0 Å². The molecule has 1 fully saturated rings. The molecule has 0 spiro atoms. The molecule has 2 amide bonds. The number of rotatable bonds is 4. The molecule has 8 nitrogen and oxygen atoms in total. The Morgan fingerprint density at radius 3 is 2.67 bits per heavy atom. The average Bonchev–Trinajstić information content (AvgIpc) is 3.25. The third kappa shape index (κ3) is 4.17. The molecule has 2 N–H and O–H groups in total. The van der Waals surface area contributed by atoms with Crippen LogP contribution in [0.25, 0.3) is 10.9 Å². The number of nitrogens with zero attached hydrogens (tertiary/aromatic N) is 4. The number of piperidine rings is 1. The van der Waals surface area contributed by atoms with E-state index in [4.69, 9.17) is 9.97 Å². The monoisotopic (exact) mass is 446 g/mol. The van der Waals surface area contributed by atoms with E-state index in [9.17, 15) is 9.59 Å². The number of fused-ring (bicyclic) bond motifs is 2. The SMILES string of the molecule is CNc1nc(C2CCN(C(C)=O)CC2)nc2c1CN(C(=O)Cc1c[nH]c3ccccc13)CC2. The lowest BCUT2D eigenvalue weighted by molar-refractivity contribution is -0.131. The standard InChI is InChI=1S/C25H30N6O2/c1-16(32)30-10-7-17(8-11-30)24-28-22-9-12-31(15-20(22)25(26-2)29-24)23(33)13-18-14-27-21-6-4-3-5-19(18)21/h3-6,14,17,27H,7-13,15H2,1-2H3,(H,26,28,29). The summed E-state index contributed by atoms with van der Waals surface area (Å²) in [7, 11) is 1.87. The van der Waals surface area contributed by atoms with Gasteiger partial charge in [-0.05, 0) is 24.5 Å². The number of hydrogen-bond donors (Lipinski definition) is 2. The molecular formula is C25H30N6O2. The number of hydrogen-bond acceptors (Lipinski definition) is 5. The van der Waals surface area contributed by atoms with E-state index in [-0.39, 0.29) is 17.7 Å². The lowest BCUT2D eigenvalue weighted by Crippen LogP contribution is -2.39. The van der Waals surface area contributed by atoms with Crippen molar-refractivity contribution < 1.29 is 9.59 Å². The zero-order valence-corrected chi connectivity index (χ0v) is 19.2. The minimum atomic E-state index is 0.119. The number of likely N-dealkylation sites (tertiary alicyclic amines) is 1. The first kappa shape index (κ1) is 21.4. The Kier molecular flexibility index (Phi) is 5.74. The van der Waals surface area contributed by atoms with Crippen LogP contribution in [-0.2, 0) is 29.0 Å². The number of carbonyl (C=O) groups excluding carboxylic acids is 2. The molecule has 8 heteroatoms. The fourth-order valence-corrected chi connectivity index (χ4v) is 5.04. The van der Waals surface area contributed by atoms with Gasteiger partial charge in [0, 0.05) is 68.6 Å². The predicted octanol–water partition coefficient (Wildman–Crippen LogP) is 2.85. The second-order valence-electron chi connectivity index (χ2n) is 8.99. The number of carbonyl (C=O) groups is 2. The van der Waals surface area contributed by atoms with Gasteiger partial charge in [0.05, 0.1) is 18.7 Å². The van der Waals surface area contributed by atoms with Gasteiger partial charge in [-0.15, -0.1) is 0 Å². The Labute approximate surface area is 193 Å². The van der Waals surface area contributed by atoms with Crippen LogP contribution < -0.4 is 5.32 Å². The van der Waals surface area contributed by atoms with Crippen LogP contribution in [0.2, 0.25) is 0 Å². The van der Waals surface area contributed by atoms with Crippen LogP contribution in [-0.4, -0.2) is 63.2 Å². The van der Waals surface area contributed by atoms with E-state index in [1.165, 1.54) is 0 Å². The zero-order chi connectivity index (χ0) is 22.9. The fraction of sp³-hybridized carbons (Fsp3) is 0.440. The molecule has 2 aromatic heterocycles. The summed E-state index contributed by atoms with van der Waals surface area (Å²) in [5.74, 6) is 2.19. The summed E-state index contributed by atoms with van der Waals surface area (Å²) in [4.78, 5) is 41.6. The topological polar surface area (TPSA) is 94.2 Å². The van der Waals surface area contributed by atoms with Gasteiger partial charge in [0.25, 0.3) is 0 Å². The number of amides is 2. The summed E-state index contributed by atoms with van der Waals surface area (Å²) in [6.45, 7) is 4.32. The maximum atomic E-state index is 13.1. The summed E-state index contributed by atoms with van der Waals surface area (Å²) in [5, 5.41) is 4.33. The molecular weight excluding hydrogens is 416 g/mol. The Morgan fingerprint density at radius 1 is 1.12 bits per heavy atom. The summed E-state index contributed by atoms with van der Waals surface area (Å²) in [6.07, 6.45) is 4.81. The minimum Gasteiger partial charge on any atom is -0.373 e. The predicted molar refractivity (Wildman–Crippen MR) is 127 cm³/mol. The Balaban J connectivity index is 1.31. The molecule has 172 valence electrons. The number of nitrogens with one attached hydrogen (secondary N) is 2. The van der Waals surface area contributed by atoms with Crippen molar-refractivity contribution in [1.82, 2.24) is 24.8 Å². The van der Waals surface area contributed by atoms with Gasteiger partial charge >= 0.3 is 0 Å². The third-order valence-corrected chi connectivity index (χ3v) is 6.99. The fourth-order valence-electron chi connectivity index (χ4n) is 5.04. The normalized spacial score (nSPS) is 16.7. The van der Waals surface area contributed by atoms with E-state index < -0.39 is 0 Å². The highest BCUT2D eigenvalue weighted by Crippen LogP contribution is 2.31. The largest absolute Gasteiger partial charge is 0.373 e. The Bertz CT molecular complexity index is 1180. The number of H-pyrrole nitrogens is 1. The highest BCUT2D eigenvalue weighted by atomic mass is 16.2. The van der Waals surface area contributed by atoms with Crippen LogP contribution in [0.1, 0.15) is 48.3 Å². The lowest BCUT2D eigenvalue weighted by Gasteiger charge is -2.33. The number of aromatic nitrogens is 3. The molecule has 1 aromatic carbocycles. The zero-order valence-electron chi connectivity index (χ0n) is 19.2. The smallest absolute Gasteiger partial charge is 0.227 e. The Hall–Kier alpha value is -3.42. The van der Waals surface area contributed by atoms with Gasteiger partial charge < -0.3 is 20.1 Å². The lowest BCUT2D eigenvalue weighted by atomic mass is 9.95. The molecule has 33 heavy (non-hydrogen) atoms. The van der Waals surface area contributed by atoms with E-state index in [0.29, 0.717) is 19.5 Å². The molecule has 0 bridgehead atoms. The number of aromatic amines is 1. The maximum absolute atomic E-state index is 13.1. The van der Waals surface area contributed by atoms with Crippen molar-refractivity contribution >= 4 is 28.5 Å². The molecule has 2 aliphatic rings. The van der Waals surface area contributed by atoms with E-state index >= 15 is 0 Å². The summed E-state index contributed by atoms with van der Waals surface area (Å²) in [6, 6.07) is 8.07. The van der Waals surface area contributed by atoms with Crippen molar-refractivity contribution in [3.05, 3.63) is 53.1 Å². The van der Waals surface area contributed by atoms with Gasteiger partial charge in [0.1, 0.15) is 11.6 Å². The maximum Gasteiger partial charge on any atom is 0.227 e. The van der Waals surface area contributed by atoms with Crippen molar-refractivity contribution in [2.75, 3.05) is 32.0 Å². The first-order valence-corrected chi connectivity index (χ1v) is 11.7. The van der Waals surface area contributed by atoms with Crippen molar-refractivity contribution in [2.24, 2.45) is 0 Å². The molecule has 0 radical (unpaired) electrons. The van der Waals surface area contributed by atoms with Gasteiger partial charge in [-0.25, -0.2) is 9.97 Å². The van der Waals surface area contributed by atoms with Gasteiger partial charge in [0.15, 0.2) is 0 Å². The van der Waals surface area contributed by atoms with E-state index in [2.05, 4.69) is 16.4 Å². The quantitative estimate of drug-likeness (QED) is 0.643. The second-order valence-corrected chi connectivity index (χ2v) is 8.99. The van der Waals surface area contributed by atoms with Crippen LogP contribution in [0.3, 0.4) is 0 Å². The molecule has 5 rings (SSSR count).